The van der Waals surface area contributed by atoms with Gasteiger partial charge in [0.05, 0.1) is 0 Å². The maximum atomic E-state index is 5.49. The Kier molecular flexibility index (Phi) is 4.18. The number of pyridine rings is 1. The number of hydrogen-bond acceptors (Lipinski definition) is 3. The Morgan fingerprint density at radius 2 is 2.38 bits per heavy atom. The number of nitrogens with two attached hydrogens (primary N) is 1. The van der Waals surface area contributed by atoms with E-state index in [1.54, 1.807) is 6.20 Å². The van der Waals surface area contributed by atoms with Crippen LogP contribution in [-0.4, -0.2) is 18.1 Å². The molecule has 3 N–H and O–H groups in total. The van der Waals surface area contributed by atoms with Crippen LogP contribution >= 0.6 is 15.9 Å². The predicted octanol–water partition coefficient (Wildman–Crippen LogP) is 1.85. The summed E-state index contributed by atoms with van der Waals surface area (Å²) in [7, 11) is 0. The van der Waals surface area contributed by atoms with Crippen LogP contribution in [0.2, 0.25) is 0 Å². The zero-order valence-corrected chi connectivity index (χ0v) is 9.21. The van der Waals surface area contributed by atoms with E-state index < -0.39 is 0 Å². The molecule has 1 aromatic rings. The van der Waals surface area contributed by atoms with Gasteiger partial charge in [0.1, 0.15) is 5.82 Å². The van der Waals surface area contributed by atoms with Gasteiger partial charge in [-0.1, -0.05) is 6.92 Å². The van der Waals surface area contributed by atoms with Crippen LogP contribution in [-0.2, 0) is 0 Å². The second-order valence-corrected chi connectivity index (χ2v) is 4.00. The molecule has 1 rings (SSSR count). The van der Waals surface area contributed by atoms with E-state index in [9.17, 15) is 0 Å². The maximum Gasteiger partial charge on any atom is 0.125 e. The van der Waals surface area contributed by atoms with Crippen molar-refractivity contribution in [3.8, 4) is 0 Å². The molecule has 1 heterocycles. The summed E-state index contributed by atoms with van der Waals surface area (Å²) in [5, 5.41) is 3.21. The van der Waals surface area contributed by atoms with Crippen LogP contribution in [0.25, 0.3) is 0 Å². The Morgan fingerprint density at radius 3 is 2.92 bits per heavy atom. The van der Waals surface area contributed by atoms with Gasteiger partial charge in [0.25, 0.3) is 0 Å². The zero-order chi connectivity index (χ0) is 9.68. The predicted molar refractivity (Wildman–Crippen MR) is 58.6 cm³/mol. The number of rotatable bonds is 4. The summed E-state index contributed by atoms with van der Waals surface area (Å²) in [5.74, 6) is 1.37. The molecule has 0 bridgehead atoms. The van der Waals surface area contributed by atoms with Crippen molar-refractivity contribution in [3.63, 3.8) is 0 Å². The molecule has 1 aromatic heterocycles. The Labute approximate surface area is 86.9 Å². The molecular weight excluding hydrogens is 230 g/mol. The van der Waals surface area contributed by atoms with E-state index in [2.05, 4.69) is 33.2 Å². The molecule has 0 saturated carbocycles. The van der Waals surface area contributed by atoms with E-state index in [1.165, 1.54) is 0 Å². The molecule has 0 aliphatic carbocycles. The van der Waals surface area contributed by atoms with Gasteiger partial charge in [-0.25, -0.2) is 4.98 Å². The van der Waals surface area contributed by atoms with Gasteiger partial charge in [-0.05, 0) is 40.5 Å². The highest BCUT2D eigenvalue weighted by molar-refractivity contribution is 9.10. The molecule has 0 saturated heterocycles. The van der Waals surface area contributed by atoms with Crippen LogP contribution in [0.1, 0.15) is 6.92 Å². The van der Waals surface area contributed by atoms with Gasteiger partial charge in [0.15, 0.2) is 0 Å². The van der Waals surface area contributed by atoms with E-state index in [1.807, 2.05) is 12.1 Å². The van der Waals surface area contributed by atoms with Gasteiger partial charge < -0.3 is 11.1 Å². The molecule has 0 aromatic carbocycles. The van der Waals surface area contributed by atoms with Crippen LogP contribution in [0.4, 0.5) is 5.82 Å². The first-order valence-electron chi connectivity index (χ1n) is 4.28. The number of aromatic nitrogens is 1. The summed E-state index contributed by atoms with van der Waals surface area (Å²) in [4.78, 5) is 4.19. The number of nitrogens with one attached hydrogen (secondary N) is 1. The summed E-state index contributed by atoms with van der Waals surface area (Å²) in [5.41, 5.74) is 5.49. The van der Waals surface area contributed by atoms with Gasteiger partial charge in [-0.3, -0.25) is 0 Å². The van der Waals surface area contributed by atoms with Gasteiger partial charge in [-0.15, -0.1) is 0 Å². The van der Waals surface area contributed by atoms with Crippen LogP contribution in [0.3, 0.4) is 0 Å². The Hall–Kier alpha value is -0.610. The Bertz CT molecular complexity index is 248. The standard InChI is InChI=1S/C9H14BrN3/c1-7(4-11)5-12-9-3-2-8(10)6-13-9/h2-3,6-7H,4-5,11H2,1H3,(H,12,13). The second-order valence-electron chi connectivity index (χ2n) is 3.08. The smallest absolute Gasteiger partial charge is 0.125 e. The molecule has 0 spiro atoms. The molecular formula is C9H14BrN3. The third kappa shape index (κ3) is 3.74. The monoisotopic (exact) mass is 243 g/mol. The van der Waals surface area contributed by atoms with Gasteiger partial charge >= 0.3 is 0 Å². The zero-order valence-electron chi connectivity index (χ0n) is 7.63. The summed E-state index contributed by atoms with van der Waals surface area (Å²) in [6.45, 7) is 3.67. The molecule has 0 fully saturated rings. The largest absolute Gasteiger partial charge is 0.370 e. The highest BCUT2D eigenvalue weighted by Crippen LogP contribution is 2.10. The molecule has 13 heavy (non-hydrogen) atoms. The lowest BCUT2D eigenvalue weighted by Gasteiger charge is -2.09. The van der Waals surface area contributed by atoms with Crippen molar-refractivity contribution in [1.82, 2.24) is 4.98 Å². The molecule has 72 valence electrons. The van der Waals surface area contributed by atoms with Gasteiger partial charge in [-0.2, -0.15) is 0 Å². The third-order valence-electron chi connectivity index (χ3n) is 1.76. The van der Waals surface area contributed by atoms with Crippen LogP contribution in [0.5, 0.6) is 0 Å². The molecule has 3 nitrogen and oxygen atoms in total. The van der Waals surface area contributed by atoms with Crippen molar-refractivity contribution in [2.45, 2.75) is 6.92 Å². The van der Waals surface area contributed by atoms with E-state index >= 15 is 0 Å². The quantitative estimate of drug-likeness (QED) is 0.849. The highest BCUT2D eigenvalue weighted by atomic mass is 79.9. The first kappa shape index (κ1) is 10.5. The maximum absolute atomic E-state index is 5.49. The first-order chi connectivity index (χ1) is 6.22. The molecule has 1 unspecified atom stereocenters. The molecule has 0 amide bonds. The fourth-order valence-electron chi connectivity index (χ4n) is 0.843. The molecule has 1 atom stereocenters. The summed E-state index contributed by atoms with van der Waals surface area (Å²) in [6.07, 6.45) is 1.77. The van der Waals surface area contributed by atoms with Crippen molar-refractivity contribution in [2.24, 2.45) is 11.7 Å². The minimum Gasteiger partial charge on any atom is -0.370 e. The summed E-state index contributed by atoms with van der Waals surface area (Å²) < 4.78 is 0.991. The Morgan fingerprint density at radius 1 is 1.62 bits per heavy atom. The van der Waals surface area contributed by atoms with E-state index in [4.69, 9.17) is 5.73 Å². The average Bonchev–Trinajstić information content (AvgIpc) is 2.16. The van der Waals surface area contributed by atoms with Crippen LogP contribution in [0, 0.1) is 5.92 Å². The lowest BCUT2D eigenvalue weighted by Crippen LogP contribution is -2.20. The number of halogens is 1. The first-order valence-corrected chi connectivity index (χ1v) is 5.07. The van der Waals surface area contributed by atoms with Gasteiger partial charge in [0.2, 0.25) is 0 Å². The average molecular weight is 244 g/mol. The van der Waals surface area contributed by atoms with E-state index in [0.29, 0.717) is 12.5 Å². The van der Waals surface area contributed by atoms with Crippen molar-refractivity contribution >= 4 is 21.7 Å². The van der Waals surface area contributed by atoms with Gasteiger partial charge in [0, 0.05) is 17.2 Å². The fraction of sp³-hybridized carbons (Fsp3) is 0.444. The van der Waals surface area contributed by atoms with Crippen molar-refractivity contribution in [3.05, 3.63) is 22.8 Å². The summed E-state index contributed by atoms with van der Waals surface area (Å²) in [6, 6.07) is 3.90. The van der Waals surface area contributed by atoms with Crippen molar-refractivity contribution in [1.29, 1.82) is 0 Å². The Balaban J connectivity index is 2.41. The van der Waals surface area contributed by atoms with Crippen molar-refractivity contribution in [2.75, 3.05) is 18.4 Å². The fourth-order valence-corrected chi connectivity index (χ4v) is 1.08. The number of hydrogen-bond donors (Lipinski definition) is 2. The van der Waals surface area contributed by atoms with Crippen LogP contribution < -0.4 is 11.1 Å². The highest BCUT2D eigenvalue weighted by Gasteiger charge is 1.98. The third-order valence-corrected chi connectivity index (χ3v) is 2.23. The van der Waals surface area contributed by atoms with E-state index in [0.717, 1.165) is 16.8 Å². The second kappa shape index (κ2) is 5.19. The normalized spacial score (nSPS) is 12.5. The summed E-state index contributed by atoms with van der Waals surface area (Å²) >= 11 is 3.33. The molecule has 0 aliphatic heterocycles. The number of nitrogens with zero attached hydrogens (tertiary/aromatic N) is 1. The van der Waals surface area contributed by atoms with E-state index in [-0.39, 0.29) is 0 Å². The SMILES string of the molecule is CC(CN)CNc1ccc(Br)cn1. The molecule has 4 heteroatoms. The lowest BCUT2D eigenvalue weighted by molar-refractivity contribution is 0.627. The molecule has 0 aliphatic rings. The minimum atomic E-state index is 0.477. The van der Waals surface area contributed by atoms with Crippen LogP contribution in [0.15, 0.2) is 22.8 Å². The molecule has 0 radical (unpaired) electrons. The minimum absolute atomic E-state index is 0.477. The number of anilines is 1. The topological polar surface area (TPSA) is 50.9 Å². The lowest BCUT2D eigenvalue weighted by atomic mass is 10.2. The van der Waals surface area contributed by atoms with Crippen molar-refractivity contribution < 1.29 is 0 Å².